The van der Waals surface area contributed by atoms with Gasteiger partial charge in [0.1, 0.15) is 12.2 Å². The number of nitrogens with one attached hydrogen (secondary N) is 2. The molecule has 10 heteroatoms. The monoisotopic (exact) mass is 500 g/mol. The molecule has 1 rings (SSSR count). The zero-order chi connectivity index (χ0) is 26.1. The van der Waals surface area contributed by atoms with Crippen molar-refractivity contribution in [3.8, 4) is 0 Å². The molecule has 0 spiro atoms. The standard InChI is InChI=1S/C25H44N2O8/c1-3-5-7-9-11-13-19-15-23(31)27-20(16-28)24(32)34-18(12-10-8-6-4-2)14-22(30)26-21(17-29)25(33)35-19/h18-21,28-29H,3-17H2,1-2H3,(H,26,30)(H,27,31). The van der Waals surface area contributed by atoms with Gasteiger partial charge in [0.2, 0.25) is 11.8 Å². The molecule has 0 bridgehead atoms. The quantitative estimate of drug-likeness (QED) is 0.221. The number of cyclic esters (lactones) is 2. The first-order chi connectivity index (χ1) is 16.8. The van der Waals surface area contributed by atoms with E-state index in [2.05, 4.69) is 24.5 Å². The Hall–Kier alpha value is -2.20. The maximum atomic E-state index is 12.7. The lowest BCUT2D eigenvalue weighted by Crippen LogP contribution is -2.49. The maximum absolute atomic E-state index is 12.7. The minimum Gasteiger partial charge on any atom is -0.460 e. The smallest absolute Gasteiger partial charge is 0.331 e. The molecule has 4 atom stereocenters. The average molecular weight is 501 g/mol. The van der Waals surface area contributed by atoms with Crippen molar-refractivity contribution >= 4 is 23.8 Å². The fraction of sp³-hybridized carbons (Fsp3) is 0.840. The lowest BCUT2D eigenvalue weighted by molar-refractivity contribution is -0.160. The molecule has 0 aromatic carbocycles. The first kappa shape index (κ1) is 30.8. The van der Waals surface area contributed by atoms with E-state index in [9.17, 15) is 29.4 Å². The summed E-state index contributed by atoms with van der Waals surface area (Å²) in [5.74, 6) is -2.77. The van der Waals surface area contributed by atoms with Gasteiger partial charge in [-0.05, 0) is 25.7 Å². The number of hydrogen-bond donors (Lipinski definition) is 4. The van der Waals surface area contributed by atoms with Crippen LogP contribution in [-0.4, -0.2) is 71.5 Å². The van der Waals surface area contributed by atoms with Crippen LogP contribution in [0.3, 0.4) is 0 Å². The van der Waals surface area contributed by atoms with Gasteiger partial charge in [0, 0.05) is 0 Å². The van der Waals surface area contributed by atoms with Crippen LogP contribution in [0.5, 0.6) is 0 Å². The Balaban J connectivity index is 2.98. The van der Waals surface area contributed by atoms with Gasteiger partial charge in [0.15, 0.2) is 12.1 Å². The normalized spacial score (nSPS) is 24.7. The molecule has 202 valence electrons. The van der Waals surface area contributed by atoms with Gasteiger partial charge in [-0.2, -0.15) is 0 Å². The summed E-state index contributed by atoms with van der Waals surface area (Å²) in [6, 6.07) is -2.56. The van der Waals surface area contributed by atoms with Crippen LogP contribution in [0, 0.1) is 0 Å². The van der Waals surface area contributed by atoms with Crippen molar-refractivity contribution < 1.29 is 38.9 Å². The van der Waals surface area contributed by atoms with Crippen molar-refractivity contribution in [2.75, 3.05) is 13.2 Å². The minimum atomic E-state index is -1.28. The molecule has 4 unspecified atom stereocenters. The summed E-state index contributed by atoms with van der Waals surface area (Å²) in [5.41, 5.74) is 0. The third kappa shape index (κ3) is 12.9. The van der Waals surface area contributed by atoms with Gasteiger partial charge in [0.05, 0.1) is 26.1 Å². The molecule has 0 aromatic rings. The summed E-state index contributed by atoms with van der Waals surface area (Å²) in [7, 11) is 0. The predicted molar refractivity (Wildman–Crippen MR) is 129 cm³/mol. The number of ether oxygens (including phenoxy) is 2. The van der Waals surface area contributed by atoms with Crippen molar-refractivity contribution in [1.29, 1.82) is 0 Å². The van der Waals surface area contributed by atoms with Gasteiger partial charge in [0.25, 0.3) is 0 Å². The van der Waals surface area contributed by atoms with E-state index in [0.29, 0.717) is 12.8 Å². The SMILES string of the molecule is CCCCCCCC1CC(=O)NC(CO)C(=O)OC(CCCCCC)CC(=O)NC(CO)C(=O)O1. The van der Waals surface area contributed by atoms with E-state index in [0.717, 1.165) is 57.8 Å². The van der Waals surface area contributed by atoms with Crippen molar-refractivity contribution in [1.82, 2.24) is 10.6 Å². The van der Waals surface area contributed by atoms with Crippen LogP contribution < -0.4 is 10.6 Å². The van der Waals surface area contributed by atoms with Gasteiger partial charge < -0.3 is 30.3 Å². The molecule has 0 radical (unpaired) electrons. The summed E-state index contributed by atoms with van der Waals surface area (Å²) < 4.78 is 11.0. The number of carbonyl (C=O) groups excluding carboxylic acids is 4. The van der Waals surface area contributed by atoms with E-state index in [4.69, 9.17) is 9.47 Å². The van der Waals surface area contributed by atoms with Crippen LogP contribution in [0.4, 0.5) is 0 Å². The highest BCUT2D eigenvalue weighted by molar-refractivity contribution is 5.87. The molecule has 0 saturated carbocycles. The average Bonchev–Trinajstić information content (AvgIpc) is 2.82. The Morgan fingerprint density at radius 2 is 1.03 bits per heavy atom. The summed E-state index contributed by atoms with van der Waals surface area (Å²) >= 11 is 0. The van der Waals surface area contributed by atoms with Crippen LogP contribution >= 0.6 is 0 Å². The maximum Gasteiger partial charge on any atom is 0.331 e. The Kier molecular flexibility index (Phi) is 16.0. The van der Waals surface area contributed by atoms with Crippen LogP contribution in [0.1, 0.15) is 97.3 Å². The van der Waals surface area contributed by atoms with E-state index < -0.39 is 61.3 Å². The minimum absolute atomic E-state index is 0.212. The first-order valence-electron chi connectivity index (χ1n) is 13.1. The number of rotatable bonds is 13. The molecular weight excluding hydrogens is 456 g/mol. The molecule has 1 aliphatic heterocycles. The lowest BCUT2D eigenvalue weighted by Gasteiger charge is -2.25. The Morgan fingerprint density at radius 3 is 1.40 bits per heavy atom. The second-order valence-electron chi connectivity index (χ2n) is 9.18. The zero-order valence-corrected chi connectivity index (χ0v) is 21.3. The molecule has 35 heavy (non-hydrogen) atoms. The van der Waals surface area contributed by atoms with E-state index in [1.54, 1.807) is 0 Å². The molecule has 0 aliphatic carbocycles. The molecule has 1 heterocycles. The van der Waals surface area contributed by atoms with E-state index in [-0.39, 0.29) is 12.8 Å². The van der Waals surface area contributed by atoms with Crippen LogP contribution in [-0.2, 0) is 28.7 Å². The summed E-state index contributed by atoms with van der Waals surface area (Å²) in [6.45, 7) is 2.85. The van der Waals surface area contributed by atoms with E-state index in [1.807, 2.05) is 0 Å². The highest BCUT2D eigenvalue weighted by atomic mass is 16.6. The van der Waals surface area contributed by atoms with Crippen LogP contribution in [0.2, 0.25) is 0 Å². The van der Waals surface area contributed by atoms with E-state index >= 15 is 0 Å². The molecule has 0 aromatic heterocycles. The molecule has 2 amide bonds. The number of carbonyl (C=O) groups is 4. The highest BCUT2D eigenvalue weighted by Gasteiger charge is 2.31. The lowest BCUT2D eigenvalue weighted by atomic mass is 10.0. The molecule has 10 nitrogen and oxygen atoms in total. The summed E-state index contributed by atoms with van der Waals surface area (Å²) in [4.78, 5) is 50.5. The number of unbranched alkanes of at least 4 members (excludes halogenated alkanes) is 7. The molecule has 4 N–H and O–H groups in total. The van der Waals surface area contributed by atoms with Crippen molar-refractivity contribution in [3.63, 3.8) is 0 Å². The Morgan fingerprint density at radius 1 is 0.657 bits per heavy atom. The van der Waals surface area contributed by atoms with Gasteiger partial charge in [-0.25, -0.2) is 9.59 Å². The summed E-state index contributed by atoms with van der Waals surface area (Å²) in [5, 5.41) is 24.2. The Labute approximate surface area is 208 Å². The molecular formula is C25H44N2O8. The molecule has 1 fully saturated rings. The van der Waals surface area contributed by atoms with Crippen molar-refractivity contribution in [3.05, 3.63) is 0 Å². The first-order valence-corrected chi connectivity index (χ1v) is 13.1. The highest BCUT2D eigenvalue weighted by Crippen LogP contribution is 2.16. The Bertz CT molecular complexity index is 657. The number of aliphatic hydroxyl groups is 2. The molecule has 1 aliphatic rings. The topological polar surface area (TPSA) is 151 Å². The van der Waals surface area contributed by atoms with Gasteiger partial charge in [-0.15, -0.1) is 0 Å². The third-order valence-electron chi connectivity index (χ3n) is 6.01. The van der Waals surface area contributed by atoms with Crippen molar-refractivity contribution in [2.24, 2.45) is 0 Å². The van der Waals surface area contributed by atoms with E-state index in [1.165, 1.54) is 0 Å². The van der Waals surface area contributed by atoms with Crippen LogP contribution in [0.15, 0.2) is 0 Å². The second-order valence-corrected chi connectivity index (χ2v) is 9.18. The number of aliphatic hydroxyl groups excluding tert-OH is 2. The van der Waals surface area contributed by atoms with Crippen LogP contribution in [0.25, 0.3) is 0 Å². The zero-order valence-electron chi connectivity index (χ0n) is 21.3. The third-order valence-corrected chi connectivity index (χ3v) is 6.01. The van der Waals surface area contributed by atoms with Gasteiger partial charge in [-0.3, -0.25) is 9.59 Å². The number of amides is 2. The largest absolute Gasteiger partial charge is 0.460 e. The molecule has 1 saturated heterocycles. The second kappa shape index (κ2) is 18.1. The number of esters is 2. The van der Waals surface area contributed by atoms with Gasteiger partial charge >= 0.3 is 11.9 Å². The number of hydrogen-bond acceptors (Lipinski definition) is 8. The van der Waals surface area contributed by atoms with Crippen molar-refractivity contribution in [2.45, 2.75) is 122 Å². The fourth-order valence-electron chi connectivity index (χ4n) is 3.95. The fourth-order valence-corrected chi connectivity index (χ4v) is 3.95. The van der Waals surface area contributed by atoms with Gasteiger partial charge in [-0.1, -0.05) is 58.8 Å². The predicted octanol–water partition coefficient (Wildman–Crippen LogP) is 1.89. The summed E-state index contributed by atoms with van der Waals surface area (Å²) in [6.07, 6.45) is 7.30.